The molecule has 30 heavy (non-hydrogen) atoms. The molecule has 0 spiro atoms. The number of amides is 2. The number of rotatable bonds is 4. The fraction of sp³-hybridized carbons (Fsp3) is 0.800. The lowest BCUT2D eigenvalue weighted by Gasteiger charge is -2.34. The van der Waals surface area contributed by atoms with Gasteiger partial charge in [0.2, 0.25) is 0 Å². The minimum Gasteiger partial charge on any atom is -0.463 e. The van der Waals surface area contributed by atoms with Gasteiger partial charge in [-0.3, -0.25) is 0 Å². The van der Waals surface area contributed by atoms with E-state index in [1.165, 1.54) is 0 Å². The van der Waals surface area contributed by atoms with Crippen molar-refractivity contribution in [2.45, 2.75) is 89.7 Å². The zero-order chi connectivity index (χ0) is 21.8. The normalized spacial score (nSPS) is 39.5. The minimum absolute atomic E-state index is 0.214. The molecule has 4 rings (SSSR count). The molecular weight excluding hydrogens is 396 g/mol. The molecule has 0 saturated carbocycles. The number of nitrogens with one attached hydrogen (secondary N) is 2. The van der Waals surface area contributed by atoms with Crippen molar-refractivity contribution in [3.05, 3.63) is 11.3 Å². The second-order valence-electron chi connectivity index (χ2n) is 8.83. The minimum atomic E-state index is -0.843. The zero-order valence-electron chi connectivity index (χ0n) is 18.1. The van der Waals surface area contributed by atoms with Crippen LogP contribution in [0.1, 0.15) is 41.5 Å². The number of esters is 1. The maximum atomic E-state index is 12.7. The molecule has 4 aliphatic rings. The van der Waals surface area contributed by atoms with Gasteiger partial charge in [0, 0.05) is 5.70 Å². The van der Waals surface area contributed by atoms with Crippen LogP contribution in [0.15, 0.2) is 11.3 Å². The number of hydrogen-bond donors (Lipinski definition) is 2. The number of fused-ring (bicyclic) bond motifs is 1. The van der Waals surface area contributed by atoms with E-state index in [9.17, 15) is 9.59 Å². The van der Waals surface area contributed by atoms with E-state index >= 15 is 0 Å². The molecule has 0 aliphatic carbocycles. The summed E-state index contributed by atoms with van der Waals surface area (Å²) >= 11 is 0. The molecular formula is C20H30N2O8. The van der Waals surface area contributed by atoms with Crippen molar-refractivity contribution in [2.24, 2.45) is 0 Å². The molecule has 0 aromatic carbocycles. The fourth-order valence-corrected chi connectivity index (χ4v) is 4.56. The lowest BCUT2D eigenvalue weighted by atomic mass is 9.93. The summed E-state index contributed by atoms with van der Waals surface area (Å²) < 4.78 is 35.6. The Morgan fingerprint density at radius 2 is 1.73 bits per heavy atom. The molecule has 0 unspecified atom stereocenters. The van der Waals surface area contributed by atoms with E-state index in [4.69, 9.17) is 28.4 Å². The first-order valence-electron chi connectivity index (χ1n) is 10.3. The first kappa shape index (κ1) is 21.5. The Labute approximate surface area is 175 Å². The first-order chi connectivity index (χ1) is 14.0. The number of carbonyl (C=O) groups is 2. The molecule has 3 saturated heterocycles. The Morgan fingerprint density at radius 3 is 2.33 bits per heavy atom. The lowest BCUT2D eigenvalue weighted by molar-refractivity contribution is -0.207. The monoisotopic (exact) mass is 426 g/mol. The molecule has 168 valence electrons. The van der Waals surface area contributed by atoms with Crippen molar-refractivity contribution in [1.29, 1.82) is 0 Å². The van der Waals surface area contributed by atoms with Gasteiger partial charge in [0.15, 0.2) is 11.6 Å². The van der Waals surface area contributed by atoms with Gasteiger partial charge in [0.25, 0.3) is 0 Å². The summed E-state index contributed by atoms with van der Waals surface area (Å²) in [6, 6.07) is -1.18. The summed E-state index contributed by atoms with van der Waals surface area (Å²) in [7, 11) is 0. The Hall–Kier alpha value is -1.72. The maximum Gasteiger partial charge on any atom is 0.337 e. The highest BCUT2D eigenvalue weighted by atomic mass is 16.8. The van der Waals surface area contributed by atoms with Gasteiger partial charge < -0.3 is 39.1 Å². The molecule has 0 aromatic rings. The third-order valence-corrected chi connectivity index (χ3v) is 5.65. The third-order valence-electron chi connectivity index (χ3n) is 5.65. The molecule has 6 atom stereocenters. The second-order valence-corrected chi connectivity index (χ2v) is 8.83. The SMILES string of the molecule is CCOC(=O)C1=C(C)NC(=O)N[C@@H]1[C@H]1O[C@H]([C@H]2COC(C)(C)O2)[C@@H]2OC(C)(C)O[C@@H]21. The third kappa shape index (κ3) is 3.82. The summed E-state index contributed by atoms with van der Waals surface area (Å²) in [5.41, 5.74) is 0.726. The molecule has 0 aromatic heterocycles. The standard InChI is InChI=1S/C20H30N2O8/c1-7-25-17(23)11-9(2)21-18(24)22-12(11)14-16-15(29-20(5,6)30-16)13(27-14)10-8-26-19(3,4)28-10/h10,12-16H,7-8H2,1-6H3,(H2,21,22,24)/t10-,12+,13-,14-,15+,16-/m1/s1. The molecule has 2 N–H and O–H groups in total. The molecule has 4 heterocycles. The van der Waals surface area contributed by atoms with Gasteiger partial charge >= 0.3 is 12.0 Å². The van der Waals surface area contributed by atoms with Crippen molar-refractivity contribution in [3.63, 3.8) is 0 Å². The van der Waals surface area contributed by atoms with Gasteiger partial charge in [-0.15, -0.1) is 0 Å². The van der Waals surface area contributed by atoms with Crippen LogP contribution in [0, 0.1) is 0 Å². The molecule has 3 fully saturated rings. The van der Waals surface area contributed by atoms with Crippen molar-refractivity contribution in [3.8, 4) is 0 Å². The average molecular weight is 426 g/mol. The van der Waals surface area contributed by atoms with Crippen molar-refractivity contribution in [1.82, 2.24) is 10.6 Å². The van der Waals surface area contributed by atoms with Crippen molar-refractivity contribution >= 4 is 12.0 Å². The van der Waals surface area contributed by atoms with Crippen LogP contribution in [-0.4, -0.2) is 73.4 Å². The topological polar surface area (TPSA) is 114 Å². The van der Waals surface area contributed by atoms with E-state index in [-0.39, 0.29) is 12.7 Å². The van der Waals surface area contributed by atoms with Crippen LogP contribution in [0.4, 0.5) is 4.79 Å². The van der Waals surface area contributed by atoms with Crippen molar-refractivity contribution < 1.29 is 38.0 Å². The molecule has 4 aliphatic heterocycles. The largest absolute Gasteiger partial charge is 0.463 e. The van der Waals surface area contributed by atoms with Gasteiger partial charge in [-0.1, -0.05) is 0 Å². The van der Waals surface area contributed by atoms with Gasteiger partial charge in [0.1, 0.15) is 30.5 Å². The highest BCUT2D eigenvalue weighted by molar-refractivity contribution is 5.94. The summed E-state index contributed by atoms with van der Waals surface area (Å²) in [6.07, 6.45) is -2.49. The Balaban J connectivity index is 1.66. The van der Waals surface area contributed by atoms with E-state index < -0.39 is 54.0 Å². The fourth-order valence-electron chi connectivity index (χ4n) is 4.56. The number of urea groups is 1. The smallest absolute Gasteiger partial charge is 0.337 e. The van der Waals surface area contributed by atoms with E-state index in [0.29, 0.717) is 17.9 Å². The van der Waals surface area contributed by atoms with Gasteiger partial charge in [0.05, 0.1) is 24.8 Å². The number of hydrogen-bond acceptors (Lipinski definition) is 8. The highest BCUT2D eigenvalue weighted by Crippen LogP contribution is 2.44. The van der Waals surface area contributed by atoms with Gasteiger partial charge in [-0.2, -0.15) is 0 Å². The molecule has 10 nitrogen and oxygen atoms in total. The Morgan fingerprint density at radius 1 is 1.07 bits per heavy atom. The van der Waals surface area contributed by atoms with E-state index in [0.717, 1.165) is 0 Å². The number of ether oxygens (including phenoxy) is 6. The number of carbonyl (C=O) groups excluding carboxylic acids is 2. The van der Waals surface area contributed by atoms with Crippen LogP contribution in [0.3, 0.4) is 0 Å². The van der Waals surface area contributed by atoms with E-state index in [1.807, 2.05) is 27.7 Å². The summed E-state index contributed by atoms with van der Waals surface area (Å²) in [4.78, 5) is 24.9. The van der Waals surface area contributed by atoms with Gasteiger partial charge in [-0.25, -0.2) is 9.59 Å². The summed E-state index contributed by atoms with van der Waals surface area (Å²) in [5, 5.41) is 5.44. The maximum absolute atomic E-state index is 12.7. The Bertz CT molecular complexity index is 764. The average Bonchev–Trinajstić information content (AvgIpc) is 3.23. The summed E-state index contributed by atoms with van der Waals surface area (Å²) in [6.45, 7) is 11.3. The van der Waals surface area contributed by atoms with Crippen LogP contribution in [-0.2, 0) is 33.2 Å². The predicted molar refractivity (Wildman–Crippen MR) is 102 cm³/mol. The van der Waals surface area contributed by atoms with Crippen LogP contribution < -0.4 is 10.6 Å². The van der Waals surface area contributed by atoms with Crippen molar-refractivity contribution in [2.75, 3.05) is 13.2 Å². The van der Waals surface area contributed by atoms with Crippen LogP contribution in [0.5, 0.6) is 0 Å². The Kier molecular flexibility index (Phi) is 5.34. The van der Waals surface area contributed by atoms with E-state index in [1.54, 1.807) is 13.8 Å². The molecule has 10 heteroatoms. The molecule has 0 radical (unpaired) electrons. The van der Waals surface area contributed by atoms with Crippen LogP contribution in [0.25, 0.3) is 0 Å². The quantitative estimate of drug-likeness (QED) is 0.639. The van der Waals surface area contributed by atoms with Gasteiger partial charge in [-0.05, 0) is 41.5 Å². The van der Waals surface area contributed by atoms with E-state index in [2.05, 4.69) is 10.6 Å². The highest BCUT2D eigenvalue weighted by Gasteiger charge is 2.61. The molecule has 0 bridgehead atoms. The second kappa shape index (κ2) is 7.45. The van der Waals surface area contributed by atoms with Crippen LogP contribution >= 0.6 is 0 Å². The summed E-state index contributed by atoms with van der Waals surface area (Å²) in [5.74, 6) is -2.09. The predicted octanol–water partition coefficient (Wildman–Crippen LogP) is 0.944. The van der Waals surface area contributed by atoms with Crippen LogP contribution in [0.2, 0.25) is 0 Å². The first-order valence-corrected chi connectivity index (χ1v) is 10.3. The zero-order valence-corrected chi connectivity index (χ0v) is 18.1. The lowest BCUT2D eigenvalue weighted by Crippen LogP contribution is -2.57. The number of allylic oxidation sites excluding steroid dienone is 1. The molecule has 2 amide bonds.